The molecule has 0 bridgehead atoms. The van der Waals surface area contributed by atoms with E-state index in [0.29, 0.717) is 23.1 Å². The molecule has 1 N–H and O–H groups in total. The Morgan fingerprint density at radius 3 is 2.60 bits per heavy atom. The molecule has 0 saturated carbocycles. The second-order valence-electron chi connectivity index (χ2n) is 4.45. The highest BCUT2D eigenvalue weighted by Crippen LogP contribution is 2.34. The average molecular weight is 310 g/mol. The molecule has 2 aromatic carbocycles. The summed E-state index contributed by atoms with van der Waals surface area (Å²) in [6.45, 7) is 0.578. The molecule has 4 nitrogen and oxygen atoms in total. The van der Waals surface area contributed by atoms with Gasteiger partial charge in [0, 0.05) is 11.4 Å². The molecule has 0 saturated heterocycles. The van der Waals surface area contributed by atoms with E-state index in [1.165, 1.54) is 12.1 Å². The van der Waals surface area contributed by atoms with E-state index in [2.05, 4.69) is 4.72 Å². The number of sulfonamides is 1. The quantitative estimate of drug-likeness (QED) is 0.948. The van der Waals surface area contributed by atoms with Crippen molar-refractivity contribution in [3.63, 3.8) is 0 Å². The molecule has 0 radical (unpaired) electrons. The van der Waals surface area contributed by atoms with Crippen LogP contribution in [0.15, 0.2) is 47.4 Å². The van der Waals surface area contributed by atoms with Gasteiger partial charge in [-0.05, 0) is 35.9 Å². The minimum Gasteiger partial charge on any atom is -0.491 e. The summed E-state index contributed by atoms with van der Waals surface area (Å²) in [6.07, 6.45) is 0.797. The lowest BCUT2D eigenvalue weighted by Gasteiger charge is -2.11. The molecule has 0 spiro atoms. The van der Waals surface area contributed by atoms with Crippen molar-refractivity contribution in [3.8, 4) is 5.75 Å². The van der Waals surface area contributed by atoms with Crippen LogP contribution in [-0.4, -0.2) is 15.0 Å². The van der Waals surface area contributed by atoms with Crippen LogP contribution < -0.4 is 9.46 Å². The fourth-order valence-electron chi connectivity index (χ4n) is 2.11. The predicted octanol–water partition coefficient (Wildman–Crippen LogP) is 3.08. The second-order valence-corrected chi connectivity index (χ2v) is 6.57. The fraction of sp³-hybridized carbons (Fsp3) is 0.143. The van der Waals surface area contributed by atoms with Crippen LogP contribution in [0.3, 0.4) is 0 Å². The van der Waals surface area contributed by atoms with E-state index in [0.717, 1.165) is 12.0 Å². The van der Waals surface area contributed by atoms with Crippen molar-refractivity contribution in [2.24, 2.45) is 0 Å². The van der Waals surface area contributed by atoms with E-state index in [4.69, 9.17) is 16.3 Å². The molecular formula is C14H12ClNO3S. The van der Waals surface area contributed by atoms with Gasteiger partial charge in [0.2, 0.25) is 0 Å². The summed E-state index contributed by atoms with van der Waals surface area (Å²) in [6, 6.07) is 11.5. The molecule has 2 aromatic rings. The normalized spacial score (nSPS) is 13.7. The van der Waals surface area contributed by atoms with Gasteiger partial charge < -0.3 is 4.74 Å². The SMILES string of the molecule is O=S(=O)(Nc1cccc2c1OCC2)c1ccc(Cl)cc1. The molecule has 104 valence electrons. The predicted molar refractivity (Wildman–Crippen MR) is 77.9 cm³/mol. The summed E-state index contributed by atoms with van der Waals surface area (Å²) < 4.78 is 32.6. The monoisotopic (exact) mass is 309 g/mol. The first-order valence-corrected chi connectivity index (χ1v) is 7.95. The number of anilines is 1. The third kappa shape index (κ3) is 2.46. The van der Waals surface area contributed by atoms with Crippen LogP contribution in [0.25, 0.3) is 0 Å². The molecule has 1 aliphatic heterocycles. The Morgan fingerprint density at radius 1 is 1.10 bits per heavy atom. The lowest BCUT2D eigenvalue weighted by atomic mass is 10.1. The van der Waals surface area contributed by atoms with E-state index < -0.39 is 10.0 Å². The highest BCUT2D eigenvalue weighted by Gasteiger charge is 2.20. The van der Waals surface area contributed by atoms with Crippen LogP contribution in [0.2, 0.25) is 5.02 Å². The molecule has 0 fully saturated rings. The first-order chi connectivity index (χ1) is 9.56. The maximum absolute atomic E-state index is 12.3. The molecule has 0 aliphatic carbocycles. The zero-order chi connectivity index (χ0) is 14.2. The van der Waals surface area contributed by atoms with Gasteiger partial charge in [0.25, 0.3) is 10.0 Å². The first-order valence-electron chi connectivity index (χ1n) is 6.09. The molecule has 6 heteroatoms. The van der Waals surface area contributed by atoms with Gasteiger partial charge >= 0.3 is 0 Å². The molecular weight excluding hydrogens is 298 g/mol. The molecule has 1 aliphatic rings. The minimum atomic E-state index is -3.64. The lowest BCUT2D eigenvalue weighted by Crippen LogP contribution is -2.13. The van der Waals surface area contributed by atoms with Gasteiger partial charge in [0.1, 0.15) is 5.75 Å². The molecule has 20 heavy (non-hydrogen) atoms. The molecule has 0 atom stereocenters. The lowest BCUT2D eigenvalue weighted by molar-refractivity contribution is 0.358. The van der Waals surface area contributed by atoms with E-state index in [-0.39, 0.29) is 4.90 Å². The summed E-state index contributed by atoms with van der Waals surface area (Å²) in [7, 11) is -3.64. The number of fused-ring (bicyclic) bond motifs is 1. The molecule has 0 amide bonds. The van der Waals surface area contributed by atoms with Gasteiger partial charge in [-0.2, -0.15) is 0 Å². The Morgan fingerprint density at radius 2 is 1.85 bits per heavy atom. The number of para-hydroxylation sites is 1. The third-order valence-corrected chi connectivity index (χ3v) is 4.72. The van der Waals surface area contributed by atoms with Crippen LogP contribution in [0, 0.1) is 0 Å². The second kappa shape index (κ2) is 5.00. The van der Waals surface area contributed by atoms with Gasteiger partial charge in [0.15, 0.2) is 0 Å². The Labute approximate surface area is 122 Å². The van der Waals surface area contributed by atoms with Crippen LogP contribution in [0.1, 0.15) is 5.56 Å². The van der Waals surface area contributed by atoms with Crippen molar-refractivity contribution in [2.75, 3.05) is 11.3 Å². The van der Waals surface area contributed by atoms with E-state index in [9.17, 15) is 8.42 Å². The Kier molecular flexibility index (Phi) is 3.31. The van der Waals surface area contributed by atoms with Crippen molar-refractivity contribution in [2.45, 2.75) is 11.3 Å². The number of nitrogens with one attached hydrogen (secondary N) is 1. The Hall–Kier alpha value is -1.72. The summed E-state index contributed by atoms with van der Waals surface area (Å²) in [5, 5.41) is 0.493. The summed E-state index contributed by atoms with van der Waals surface area (Å²) >= 11 is 5.76. The Bertz CT molecular complexity index is 742. The minimum absolute atomic E-state index is 0.164. The van der Waals surface area contributed by atoms with Crippen molar-refractivity contribution in [3.05, 3.63) is 53.1 Å². The van der Waals surface area contributed by atoms with E-state index >= 15 is 0 Å². The Balaban J connectivity index is 1.95. The topological polar surface area (TPSA) is 55.4 Å². The number of rotatable bonds is 3. The zero-order valence-electron chi connectivity index (χ0n) is 10.5. The molecule has 0 aromatic heterocycles. The smallest absolute Gasteiger partial charge is 0.262 e. The van der Waals surface area contributed by atoms with Gasteiger partial charge in [0.05, 0.1) is 17.2 Å². The van der Waals surface area contributed by atoms with E-state index in [1.54, 1.807) is 18.2 Å². The van der Waals surface area contributed by atoms with Gasteiger partial charge in [-0.25, -0.2) is 8.42 Å². The number of halogens is 1. The average Bonchev–Trinajstić information content (AvgIpc) is 2.88. The molecule has 1 heterocycles. The van der Waals surface area contributed by atoms with Gasteiger partial charge in [-0.1, -0.05) is 23.7 Å². The standard InChI is InChI=1S/C14H12ClNO3S/c15-11-4-6-12(7-5-11)20(17,18)16-13-3-1-2-10-8-9-19-14(10)13/h1-7,16H,8-9H2. The van der Waals surface area contributed by atoms with Gasteiger partial charge in [-0.3, -0.25) is 4.72 Å². The number of hydrogen-bond acceptors (Lipinski definition) is 3. The number of benzene rings is 2. The third-order valence-electron chi connectivity index (χ3n) is 3.08. The van der Waals surface area contributed by atoms with Gasteiger partial charge in [-0.15, -0.1) is 0 Å². The van der Waals surface area contributed by atoms with Crippen molar-refractivity contribution in [1.82, 2.24) is 0 Å². The highest BCUT2D eigenvalue weighted by molar-refractivity contribution is 7.92. The maximum Gasteiger partial charge on any atom is 0.262 e. The summed E-state index contributed by atoms with van der Waals surface area (Å²) in [5.74, 6) is 0.616. The zero-order valence-corrected chi connectivity index (χ0v) is 12.0. The summed E-state index contributed by atoms with van der Waals surface area (Å²) in [5.41, 5.74) is 1.48. The van der Waals surface area contributed by atoms with Crippen LogP contribution in [0.4, 0.5) is 5.69 Å². The van der Waals surface area contributed by atoms with Crippen LogP contribution >= 0.6 is 11.6 Å². The highest BCUT2D eigenvalue weighted by atomic mass is 35.5. The fourth-order valence-corrected chi connectivity index (χ4v) is 3.30. The largest absolute Gasteiger partial charge is 0.491 e. The van der Waals surface area contributed by atoms with E-state index in [1.807, 2.05) is 12.1 Å². The number of ether oxygens (including phenoxy) is 1. The maximum atomic E-state index is 12.3. The van der Waals surface area contributed by atoms with Crippen molar-refractivity contribution in [1.29, 1.82) is 0 Å². The van der Waals surface area contributed by atoms with Crippen molar-refractivity contribution >= 4 is 27.3 Å². The number of hydrogen-bond donors (Lipinski definition) is 1. The van der Waals surface area contributed by atoms with Crippen LogP contribution in [-0.2, 0) is 16.4 Å². The summed E-state index contributed by atoms with van der Waals surface area (Å²) in [4.78, 5) is 0.164. The van der Waals surface area contributed by atoms with Crippen LogP contribution in [0.5, 0.6) is 5.75 Å². The van der Waals surface area contributed by atoms with Crippen molar-refractivity contribution < 1.29 is 13.2 Å². The first kappa shape index (κ1) is 13.3. The molecule has 0 unspecified atom stereocenters. The molecule has 3 rings (SSSR count).